The largest absolute Gasteiger partial charge is 0.194 e. The standard InChI is InChI=1S/C21H17NS3/c1-14-12-16(6-7-17(14)22-13-23)19-9-11-21(25-19)20-10-8-18(24-20)15-4-2-3-5-15/h4,6-12H,2-3,5H2,1H3. The Kier molecular flexibility index (Phi) is 4.78. The Morgan fingerprint density at radius 3 is 2.36 bits per heavy atom. The molecule has 0 amide bonds. The van der Waals surface area contributed by atoms with Gasteiger partial charge in [0.1, 0.15) is 0 Å². The molecule has 0 N–H and O–H groups in total. The van der Waals surface area contributed by atoms with Gasteiger partial charge in [-0.25, -0.2) is 0 Å². The Morgan fingerprint density at radius 1 is 0.960 bits per heavy atom. The van der Waals surface area contributed by atoms with Gasteiger partial charge in [-0.05, 0) is 91.5 Å². The summed E-state index contributed by atoms with van der Waals surface area (Å²) in [5.41, 5.74) is 4.77. The van der Waals surface area contributed by atoms with Gasteiger partial charge in [0.2, 0.25) is 0 Å². The van der Waals surface area contributed by atoms with Crippen LogP contribution in [0.4, 0.5) is 5.69 Å². The van der Waals surface area contributed by atoms with E-state index < -0.39 is 0 Å². The number of thiocarbonyl (C=S) groups is 1. The molecular formula is C21H17NS3. The van der Waals surface area contributed by atoms with E-state index in [0.717, 1.165) is 11.3 Å². The fraction of sp³-hybridized carbons (Fsp3) is 0.190. The lowest BCUT2D eigenvalue weighted by molar-refractivity contribution is 0.936. The van der Waals surface area contributed by atoms with E-state index in [1.165, 1.54) is 49.9 Å². The van der Waals surface area contributed by atoms with Crippen LogP contribution in [0.3, 0.4) is 0 Å². The molecule has 25 heavy (non-hydrogen) atoms. The van der Waals surface area contributed by atoms with Crippen molar-refractivity contribution >= 4 is 51.3 Å². The highest BCUT2D eigenvalue weighted by molar-refractivity contribution is 7.78. The van der Waals surface area contributed by atoms with Crippen molar-refractivity contribution in [2.24, 2.45) is 4.99 Å². The molecule has 1 aliphatic rings. The van der Waals surface area contributed by atoms with Crippen molar-refractivity contribution in [2.45, 2.75) is 26.2 Å². The highest BCUT2D eigenvalue weighted by Crippen LogP contribution is 2.41. The number of isothiocyanates is 1. The molecule has 1 nitrogen and oxygen atoms in total. The average molecular weight is 380 g/mol. The van der Waals surface area contributed by atoms with Crippen molar-refractivity contribution in [2.75, 3.05) is 0 Å². The van der Waals surface area contributed by atoms with Gasteiger partial charge in [0.05, 0.1) is 10.8 Å². The van der Waals surface area contributed by atoms with Crippen molar-refractivity contribution < 1.29 is 0 Å². The molecule has 0 aliphatic heterocycles. The number of benzene rings is 1. The smallest absolute Gasteiger partial charge is 0.0769 e. The van der Waals surface area contributed by atoms with Crippen molar-refractivity contribution in [3.8, 4) is 20.2 Å². The van der Waals surface area contributed by atoms with Crippen LogP contribution >= 0.6 is 34.9 Å². The van der Waals surface area contributed by atoms with Gasteiger partial charge in [-0.15, -0.1) is 22.7 Å². The number of hydrogen-bond donors (Lipinski definition) is 0. The van der Waals surface area contributed by atoms with Gasteiger partial charge in [-0.2, -0.15) is 4.99 Å². The molecule has 2 heterocycles. The third kappa shape index (κ3) is 3.44. The maximum Gasteiger partial charge on any atom is 0.0769 e. The summed E-state index contributed by atoms with van der Waals surface area (Å²) in [6, 6.07) is 15.3. The zero-order valence-corrected chi connectivity index (χ0v) is 16.4. The number of rotatable bonds is 4. The number of allylic oxidation sites excluding steroid dienone is 2. The minimum Gasteiger partial charge on any atom is -0.194 e. The second-order valence-corrected chi connectivity index (χ2v) is 8.50. The van der Waals surface area contributed by atoms with Crippen LogP contribution in [0.25, 0.3) is 25.8 Å². The van der Waals surface area contributed by atoms with Crippen LogP contribution in [0.1, 0.15) is 29.7 Å². The first-order chi connectivity index (χ1) is 12.2. The summed E-state index contributed by atoms with van der Waals surface area (Å²) in [6.45, 7) is 2.06. The van der Waals surface area contributed by atoms with Gasteiger partial charge in [0.25, 0.3) is 0 Å². The third-order valence-corrected chi connectivity index (χ3v) is 7.04. The van der Waals surface area contributed by atoms with Crippen molar-refractivity contribution in [3.05, 3.63) is 59.0 Å². The van der Waals surface area contributed by atoms with Crippen LogP contribution in [-0.2, 0) is 0 Å². The fourth-order valence-corrected chi connectivity index (χ4v) is 5.41. The summed E-state index contributed by atoms with van der Waals surface area (Å²) in [7, 11) is 0. The number of hydrogen-bond acceptors (Lipinski definition) is 4. The molecule has 0 bridgehead atoms. The van der Waals surface area contributed by atoms with Crippen molar-refractivity contribution in [3.63, 3.8) is 0 Å². The molecule has 0 fully saturated rings. The van der Waals surface area contributed by atoms with Crippen LogP contribution < -0.4 is 0 Å². The quantitative estimate of drug-likeness (QED) is 0.333. The summed E-state index contributed by atoms with van der Waals surface area (Å²) < 4.78 is 0. The summed E-state index contributed by atoms with van der Waals surface area (Å²) in [5, 5.41) is 2.44. The number of aryl methyl sites for hydroxylation is 1. The molecule has 0 spiro atoms. The Hall–Kier alpha value is -1.84. The molecular weight excluding hydrogens is 362 g/mol. The van der Waals surface area contributed by atoms with E-state index in [2.05, 4.69) is 59.6 Å². The van der Waals surface area contributed by atoms with Crippen LogP contribution in [0.15, 0.2) is 53.5 Å². The first kappa shape index (κ1) is 16.6. The van der Waals surface area contributed by atoms with E-state index in [-0.39, 0.29) is 0 Å². The zero-order chi connectivity index (χ0) is 17.2. The van der Waals surface area contributed by atoms with Crippen molar-refractivity contribution in [1.29, 1.82) is 0 Å². The SMILES string of the molecule is Cc1cc(-c2ccc(-c3ccc(C4=CCCC4)s3)s2)ccc1N=C=S. The number of aliphatic imine (C=N–C) groups is 1. The van der Waals surface area contributed by atoms with E-state index >= 15 is 0 Å². The first-order valence-corrected chi connectivity index (χ1v) is 10.4. The summed E-state index contributed by atoms with van der Waals surface area (Å²) in [5.74, 6) is 0. The molecule has 124 valence electrons. The topological polar surface area (TPSA) is 12.4 Å². The Labute approximate surface area is 161 Å². The molecule has 0 radical (unpaired) electrons. The molecule has 0 atom stereocenters. The van der Waals surface area contributed by atoms with Crippen molar-refractivity contribution in [1.82, 2.24) is 0 Å². The molecule has 2 aromatic heterocycles. The average Bonchev–Trinajstić information content (AvgIpc) is 3.36. The summed E-state index contributed by atoms with van der Waals surface area (Å²) >= 11 is 8.46. The van der Waals surface area contributed by atoms with Crippen LogP contribution in [0.5, 0.6) is 0 Å². The highest BCUT2D eigenvalue weighted by atomic mass is 32.1. The molecule has 4 rings (SSSR count). The highest BCUT2D eigenvalue weighted by Gasteiger charge is 2.12. The van der Waals surface area contributed by atoms with Gasteiger partial charge in [-0.1, -0.05) is 12.1 Å². The molecule has 0 unspecified atom stereocenters. The lowest BCUT2D eigenvalue weighted by atomic mass is 10.1. The predicted molar refractivity (Wildman–Crippen MR) is 114 cm³/mol. The van der Waals surface area contributed by atoms with E-state index in [0.29, 0.717) is 0 Å². The lowest BCUT2D eigenvalue weighted by Crippen LogP contribution is -1.77. The lowest BCUT2D eigenvalue weighted by Gasteiger charge is -2.02. The summed E-state index contributed by atoms with van der Waals surface area (Å²) in [6.07, 6.45) is 6.15. The monoisotopic (exact) mass is 379 g/mol. The van der Waals surface area contributed by atoms with Crippen LogP contribution in [0.2, 0.25) is 0 Å². The van der Waals surface area contributed by atoms with Gasteiger partial charge in [0.15, 0.2) is 0 Å². The maximum atomic E-state index is 4.70. The first-order valence-electron chi connectivity index (χ1n) is 8.33. The van der Waals surface area contributed by atoms with Gasteiger partial charge >= 0.3 is 0 Å². The summed E-state index contributed by atoms with van der Waals surface area (Å²) in [4.78, 5) is 9.51. The minimum atomic E-state index is 0.892. The Bertz CT molecular complexity index is 1000. The fourth-order valence-electron chi connectivity index (χ4n) is 3.15. The minimum absolute atomic E-state index is 0.892. The zero-order valence-electron chi connectivity index (χ0n) is 13.9. The van der Waals surface area contributed by atoms with Gasteiger partial charge in [-0.3, -0.25) is 0 Å². The Morgan fingerprint density at radius 2 is 1.68 bits per heavy atom. The Balaban J connectivity index is 1.62. The molecule has 1 aromatic carbocycles. The van der Waals surface area contributed by atoms with E-state index in [1.54, 1.807) is 0 Å². The predicted octanol–water partition coefficient (Wildman–Crippen LogP) is 7.75. The molecule has 3 aromatic rings. The van der Waals surface area contributed by atoms with E-state index in [1.807, 2.05) is 28.7 Å². The number of nitrogens with zero attached hydrogens (tertiary/aromatic N) is 1. The van der Waals surface area contributed by atoms with E-state index in [9.17, 15) is 0 Å². The molecule has 0 saturated carbocycles. The van der Waals surface area contributed by atoms with Crippen LogP contribution in [-0.4, -0.2) is 5.16 Å². The maximum absolute atomic E-state index is 4.70. The molecule has 1 aliphatic carbocycles. The third-order valence-electron chi connectivity index (χ3n) is 4.46. The number of thiophene rings is 2. The van der Waals surface area contributed by atoms with Crippen LogP contribution in [0, 0.1) is 6.92 Å². The second-order valence-electron chi connectivity index (χ2n) is 6.15. The van der Waals surface area contributed by atoms with Gasteiger partial charge < -0.3 is 0 Å². The normalized spacial score (nSPS) is 13.6. The van der Waals surface area contributed by atoms with Gasteiger partial charge in [0, 0.05) is 19.5 Å². The second kappa shape index (κ2) is 7.19. The molecule has 0 saturated heterocycles. The van der Waals surface area contributed by atoms with E-state index in [4.69, 9.17) is 12.2 Å². The molecule has 4 heteroatoms.